The molecule has 0 nitrogen and oxygen atoms in total. The van der Waals surface area contributed by atoms with Gasteiger partial charge in [0.2, 0.25) is 0 Å². The van der Waals surface area contributed by atoms with Crippen molar-refractivity contribution in [3.8, 4) is 0 Å². The van der Waals surface area contributed by atoms with Crippen molar-refractivity contribution in [3.63, 3.8) is 0 Å². The molecule has 0 unspecified atom stereocenters. The topological polar surface area (TPSA) is 0 Å². The van der Waals surface area contributed by atoms with Gasteiger partial charge < -0.3 is 0 Å². The lowest BCUT2D eigenvalue weighted by molar-refractivity contribution is 0.247. The van der Waals surface area contributed by atoms with Crippen LogP contribution in [-0.2, 0) is 0 Å². The van der Waals surface area contributed by atoms with Crippen molar-refractivity contribution < 1.29 is 0 Å². The first-order chi connectivity index (χ1) is 13.9. The van der Waals surface area contributed by atoms with Crippen LogP contribution in [0, 0.1) is 23.7 Å². The Hall–Kier alpha value is 0. The zero-order valence-electron chi connectivity index (χ0n) is 19.2. The molecule has 0 aromatic heterocycles. The van der Waals surface area contributed by atoms with E-state index in [0.717, 1.165) is 17.8 Å². The molecule has 0 heterocycles. The van der Waals surface area contributed by atoms with Gasteiger partial charge in [-0.15, -0.1) is 0 Å². The zero-order chi connectivity index (χ0) is 19.3. The Morgan fingerprint density at radius 2 is 0.429 bits per heavy atom. The third kappa shape index (κ3) is 8.02. The zero-order valence-corrected chi connectivity index (χ0v) is 19.2. The molecule has 3 aliphatic rings. The van der Waals surface area contributed by atoms with Gasteiger partial charge in [0.25, 0.3) is 0 Å². The molecule has 3 rings (SSSR count). The van der Waals surface area contributed by atoms with Gasteiger partial charge in [0.05, 0.1) is 0 Å². The lowest BCUT2D eigenvalue weighted by Gasteiger charge is -2.40. The Labute approximate surface area is 178 Å². The van der Waals surface area contributed by atoms with E-state index in [9.17, 15) is 0 Å². The maximum atomic E-state index is 2.16. The maximum absolute atomic E-state index is 2.16. The fourth-order valence-corrected chi connectivity index (χ4v) is 6.90. The Morgan fingerprint density at radius 1 is 0.250 bits per heavy atom. The van der Waals surface area contributed by atoms with Crippen LogP contribution in [0.5, 0.6) is 0 Å². The summed E-state index contributed by atoms with van der Waals surface area (Å²) in [6, 6.07) is 0. The summed E-state index contributed by atoms with van der Waals surface area (Å²) in [6.45, 7) is 0. The van der Waals surface area contributed by atoms with Crippen LogP contribution in [0.4, 0.5) is 0 Å². The van der Waals surface area contributed by atoms with Crippen LogP contribution in [0.2, 0.25) is 0 Å². The predicted molar refractivity (Wildman–Crippen MR) is 125 cm³/mol. The maximum Gasteiger partial charge on any atom is -0.0148 e. The summed E-state index contributed by atoms with van der Waals surface area (Å²) in [7, 11) is 0. The second-order valence-electron chi connectivity index (χ2n) is 10.7. The first-order valence-electron chi connectivity index (χ1n) is 13.8. The van der Waals surface area contributed by atoms with Gasteiger partial charge in [-0.1, -0.05) is 116 Å². The number of rotatable bonds is 3. The Bertz CT molecular complexity index is 285. The molecule has 3 aliphatic carbocycles. The average molecular weight is 388 g/mol. The van der Waals surface area contributed by atoms with Crippen LogP contribution in [0.3, 0.4) is 0 Å². The molecule has 0 N–H and O–H groups in total. The van der Waals surface area contributed by atoms with Crippen LogP contribution in [0.25, 0.3) is 0 Å². The van der Waals surface area contributed by atoms with Crippen molar-refractivity contribution in [2.45, 2.75) is 154 Å². The summed E-state index contributed by atoms with van der Waals surface area (Å²) in [5.41, 5.74) is 0. The van der Waals surface area contributed by atoms with Crippen LogP contribution in [0.1, 0.15) is 154 Å². The fraction of sp³-hybridized carbons (Fsp3) is 0.964. The highest BCUT2D eigenvalue weighted by atomic mass is 14.4. The fourth-order valence-electron chi connectivity index (χ4n) is 6.90. The lowest BCUT2D eigenvalue weighted by Crippen LogP contribution is -2.29. The van der Waals surface area contributed by atoms with Gasteiger partial charge in [-0.2, -0.15) is 0 Å². The second-order valence-corrected chi connectivity index (χ2v) is 10.7. The molecule has 0 aromatic rings. The van der Waals surface area contributed by atoms with E-state index in [-0.39, 0.29) is 0 Å². The first kappa shape index (κ1) is 22.7. The Balaban J connectivity index is 1.75. The largest absolute Gasteiger partial charge is 0.0533 e. The van der Waals surface area contributed by atoms with Crippen molar-refractivity contribution in [2.24, 2.45) is 17.8 Å². The molecule has 0 saturated heterocycles. The molecule has 3 fully saturated rings. The van der Waals surface area contributed by atoms with Gasteiger partial charge in [0.1, 0.15) is 0 Å². The smallest absolute Gasteiger partial charge is 0.0148 e. The molecule has 0 amide bonds. The minimum atomic E-state index is 0.995. The van der Waals surface area contributed by atoms with E-state index in [1.54, 1.807) is 38.5 Å². The quantitative estimate of drug-likeness (QED) is 0.452. The molecular formula is C28H51. The Morgan fingerprint density at radius 3 is 0.643 bits per heavy atom. The molecular weight excluding hydrogens is 336 g/mol. The van der Waals surface area contributed by atoms with Crippen molar-refractivity contribution in [1.29, 1.82) is 0 Å². The summed E-state index contributed by atoms with van der Waals surface area (Å²) in [5, 5.41) is 0. The van der Waals surface area contributed by atoms with Crippen LogP contribution in [0.15, 0.2) is 0 Å². The molecule has 163 valence electrons. The monoisotopic (exact) mass is 387 g/mol. The molecule has 0 aliphatic heterocycles. The molecule has 0 heteroatoms. The molecule has 0 bridgehead atoms. The van der Waals surface area contributed by atoms with Gasteiger partial charge in [0.15, 0.2) is 0 Å². The van der Waals surface area contributed by atoms with E-state index in [1.165, 1.54) is 116 Å². The summed E-state index contributed by atoms with van der Waals surface area (Å²) >= 11 is 0. The van der Waals surface area contributed by atoms with Gasteiger partial charge in [-0.3, -0.25) is 0 Å². The van der Waals surface area contributed by atoms with Crippen LogP contribution in [-0.4, -0.2) is 0 Å². The average Bonchev–Trinajstić information content (AvgIpc) is 3.00. The van der Waals surface area contributed by atoms with Crippen molar-refractivity contribution in [2.75, 3.05) is 0 Å². The second kappa shape index (κ2) is 14.1. The van der Waals surface area contributed by atoms with E-state index in [1.807, 2.05) is 0 Å². The number of hydrogen-bond acceptors (Lipinski definition) is 0. The van der Waals surface area contributed by atoms with E-state index in [0.29, 0.717) is 0 Å². The van der Waals surface area contributed by atoms with E-state index < -0.39 is 0 Å². The summed E-state index contributed by atoms with van der Waals surface area (Å²) in [5.74, 6) is 5.14. The molecule has 28 heavy (non-hydrogen) atoms. The van der Waals surface area contributed by atoms with E-state index in [4.69, 9.17) is 0 Å². The van der Waals surface area contributed by atoms with Gasteiger partial charge in [-0.25, -0.2) is 0 Å². The van der Waals surface area contributed by atoms with Gasteiger partial charge in [-0.05, 0) is 62.2 Å². The normalized spacial score (nSPS) is 27.3. The summed E-state index contributed by atoms with van der Waals surface area (Å²) in [6.07, 6.45) is 36.5. The molecule has 0 spiro atoms. The van der Waals surface area contributed by atoms with Gasteiger partial charge >= 0.3 is 0 Å². The summed E-state index contributed by atoms with van der Waals surface area (Å²) < 4.78 is 0. The first-order valence-corrected chi connectivity index (χ1v) is 13.8. The molecule has 3 saturated carbocycles. The lowest BCUT2D eigenvalue weighted by atomic mass is 9.65. The predicted octanol–water partition coefficient (Wildman–Crippen LogP) is 9.81. The van der Waals surface area contributed by atoms with Crippen LogP contribution >= 0.6 is 0 Å². The van der Waals surface area contributed by atoms with Crippen molar-refractivity contribution in [1.82, 2.24) is 0 Å². The minimum absolute atomic E-state index is 0.995. The number of hydrogen-bond donors (Lipinski definition) is 0. The highest BCUT2D eigenvalue weighted by molar-refractivity contribution is 5.07. The molecule has 1 radical (unpaired) electrons. The minimum Gasteiger partial charge on any atom is -0.0533 e. The third-order valence-electron chi connectivity index (χ3n) is 8.48. The highest BCUT2D eigenvalue weighted by Crippen LogP contribution is 2.46. The molecule has 0 aromatic carbocycles. The third-order valence-corrected chi connectivity index (χ3v) is 8.48. The van der Waals surface area contributed by atoms with E-state index in [2.05, 4.69) is 5.92 Å². The van der Waals surface area contributed by atoms with Gasteiger partial charge in [0, 0.05) is 0 Å². The van der Waals surface area contributed by atoms with Crippen LogP contribution < -0.4 is 0 Å². The van der Waals surface area contributed by atoms with Crippen molar-refractivity contribution in [3.05, 3.63) is 5.92 Å². The highest BCUT2D eigenvalue weighted by Gasteiger charge is 2.35. The standard InChI is InChI=1S/C28H51/c1-2-8-14-20-25(19-13-7-1)28(26-21-15-9-3-4-10-16-22-26)27-23-17-11-5-6-12-18-24-27/h25-27H,1-24H2. The van der Waals surface area contributed by atoms with E-state index >= 15 is 0 Å². The SMILES string of the molecule is C1CCCCC([C](C2CCCCCCCC2)C2CCCCCCCC2)CCC1. The van der Waals surface area contributed by atoms with Crippen molar-refractivity contribution >= 4 is 0 Å². The molecule has 0 atom stereocenters. The summed E-state index contributed by atoms with van der Waals surface area (Å²) in [4.78, 5) is 0. The Kier molecular flexibility index (Phi) is 11.4.